The van der Waals surface area contributed by atoms with E-state index in [1.54, 1.807) is 6.07 Å². The van der Waals surface area contributed by atoms with E-state index in [4.69, 9.17) is 10.5 Å². The van der Waals surface area contributed by atoms with Gasteiger partial charge in [0.05, 0.1) is 24.1 Å². The Morgan fingerprint density at radius 2 is 2.00 bits per heavy atom. The van der Waals surface area contributed by atoms with Crippen molar-refractivity contribution in [1.82, 2.24) is 9.78 Å². The molecule has 1 heterocycles. The molecule has 0 spiro atoms. The van der Waals surface area contributed by atoms with Crippen molar-refractivity contribution in [3.63, 3.8) is 0 Å². The maximum Gasteiger partial charge on any atom is 0.340 e. The lowest BCUT2D eigenvalue weighted by molar-refractivity contribution is 0.0602. The minimum Gasteiger partial charge on any atom is -0.465 e. The van der Waals surface area contributed by atoms with Crippen molar-refractivity contribution in [2.45, 2.75) is 34.1 Å². The Morgan fingerprint density at radius 1 is 1.33 bits per heavy atom. The Labute approximate surface area is 124 Å². The molecule has 0 unspecified atom stereocenters. The van der Waals surface area contributed by atoms with Crippen molar-refractivity contribution in [3.8, 4) is 5.69 Å². The van der Waals surface area contributed by atoms with Crippen LogP contribution in [0.3, 0.4) is 0 Å². The van der Waals surface area contributed by atoms with Crippen LogP contribution in [0.25, 0.3) is 5.69 Å². The SMILES string of the molecule is CCc1c(C)nn(-c2cc(C)c(N)c(C(=O)OC)c2)c1C. The Kier molecular flexibility index (Phi) is 4.02. The summed E-state index contributed by atoms with van der Waals surface area (Å²) in [5.41, 5.74) is 11.8. The lowest BCUT2D eigenvalue weighted by Crippen LogP contribution is -2.10. The van der Waals surface area contributed by atoms with Gasteiger partial charge in [-0.1, -0.05) is 6.92 Å². The number of rotatable bonds is 3. The highest BCUT2D eigenvalue weighted by molar-refractivity contribution is 5.96. The number of hydrogen-bond donors (Lipinski definition) is 1. The van der Waals surface area contributed by atoms with Crippen LogP contribution < -0.4 is 5.73 Å². The van der Waals surface area contributed by atoms with E-state index in [9.17, 15) is 4.79 Å². The van der Waals surface area contributed by atoms with E-state index in [1.807, 2.05) is 31.5 Å². The molecule has 0 aliphatic heterocycles. The van der Waals surface area contributed by atoms with Gasteiger partial charge in [0.2, 0.25) is 0 Å². The van der Waals surface area contributed by atoms with Crippen molar-refractivity contribution in [1.29, 1.82) is 0 Å². The Hall–Kier alpha value is -2.30. The zero-order valence-corrected chi connectivity index (χ0v) is 13.2. The molecule has 0 fully saturated rings. The number of methoxy groups -OCH3 is 1. The van der Waals surface area contributed by atoms with Crippen molar-refractivity contribution in [2.24, 2.45) is 0 Å². The Balaban J connectivity index is 2.65. The predicted octanol–water partition coefficient (Wildman–Crippen LogP) is 2.73. The first kappa shape index (κ1) is 15.1. The number of aryl methyl sites for hydroxylation is 2. The molecule has 21 heavy (non-hydrogen) atoms. The minimum atomic E-state index is -0.435. The number of ether oxygens (including phenoxy) is 1. The fraction of sp³-hybridized carbons (Fsp3) is 0.375. The van der Waals surface area contributed by atoms with Crippen LogP contribution in [-0.4, -0.2) is 22.9 Å². The van der Waals surface area contributed by atoms with Crippen molar-refractivity contribution < 1.29 is 9.53 Å². The molecule has 0 amide bonds. The van der Waals surface area contributed by atoms with Gasteiger partial charge in [-0.15, -0.1) is 0 Å². The van der Waals surface area contributed by atoms with Gasteiger partial charge in [-0.25, -0.2) is 9.48 Å². The third-order valence-corrected chi connectivity index (χ3v) is 3.82. The van der Waals surface area contributed by atoms with Gasteiger partial charge in [0, 0.05) is 11.4 Å². The average Bonchev–Trinajstić information content (AvgIpc) is 2.75. The second-order valence-corrected chi connectivity index (χ2v) is 5.13. The highest BCUT2D eigenvalue weighted by Gasteiger charge is 2.17. The first-order valence-electron chi connectivity index (χ1n) is 6.94. The molecule has 0 saturated carbocycles. The molecular formula is C16H21N3O2. The van der Waals surface area contributed by atoms with Gasteiger partial charge in [-0.05, 0) is 50.5 Å². The summed E-state index contributed by atoms with van der Waals surface area (Å²) < 4.78 is 6.65. The summed E-state index contributed by atoms with van der Waals surface area (Å²) >= 11 is 0. The third kappa shape index (κ3) is 2.51. The molecule has 112 valence electrons. The molecule has 1 aromatic heterocycles. The van der Waals surface area contributed by atoms with Gasteiger partial charge < -0.3 is 10.5 Å². The van der Waals surface area contributed by atoms with Gasteiger partial charge in [0.25, 0.3) is 0 Å². The second-order valence-electron chi connectivity index (χ2n) is 5.13. The summed E-state index contributed by atoms with van der Waals surface area (Å²) in [6.45, 7) is 8.00. The summed E-state index contributed by atoms with van der Waals surface area (Å²) in [4.78, 5) is 11.9. The molecule has 2 rings (SSSR count). The van der Waals surface area contributed by atoms with Gasteiger partial charge in [0.15, 0.2) is 0 Å². The summed E-state index contributed by atoms with van der Waals surface area (Å²) in [5.74, 6) is -0.435. The molecular weight excluding hydrogens is 266 g/mol. The highest BCUT2D eigenvalue weighted by atomic mass is 16.5. The van der Waals surface area contributed by atoms with E-state index in [1.165, 1.54) is 12.7 Å². The van der Waals surface area contributed by atoms with Crippen LogP contribution in [0, 0.1) is 20.8 Å². The average molecular weight is 287 g/mol. The number of nitrogens with zero attached hydrogens (tertiary/aromatic N) is 2. The topological polar surface area (TPSA) is 70.1 Å². The van der Waals surface area contributed by atoms with E-state index in [2.05, 4.69) is 12.0 Å². The van der Waals surface area contributed by atoms with E-state index in [0.29, 0.717) is 11.3 Å². The Morgan fingerprint density at radius 3 is 2.52 bits per heavy atom. The monoisotopic (exact) mass is 287 g/mol. The molecule has 1 aromatic carbocycles. The molecule has 2 N–H and O–H groups in total. The summed E-state index contributed by atoms with van der Waals surface area (Å²) in [6.07, 6.45) is 0.926. The van der Waals surface area contributed by atoms with E-state index in [-0.39, 0.29) is 0 Å². The normalized spacial score (nSPS) is 10.7. The highest BCUT2D eigenvalue weighted by Crippen LogP contribution is 2.25. The molecule has 5 heteroatoms. The molecule has 5 nitrogen and oxygen atoms in total. The smallest absolute Gasteiger partial charge is 0.340 e. The Bertz CT molecular complexity index is 702. The van der Waals surface area contributed by atoms with Crippen LogP contribution in [-0.2, 0) is 11.2 Å². The lowest BCUT2D eigenvalue weighted by atomic mass is 10.1. The van der Waals surface area contributed by atoms with Crippen LogP contribution in [0.15, 0.2) is 12.1 Å². The van der Waals surface area contributed by atoms with Gasteiger partial charge in [0.1, 0.15) is 0 Å². The third-order valence-electron chi connectivity index (χ3n) is 3.82. The number of nitrogens with two attached hydrogens (primary N) is 1. The quantitative estimate of drug-likeness (QED) is 0.696. The molecule has 2 aromatic rings. The second kappa shape index (κ2) is 5.60. The zero-order valence-electron chi connectivity index (χ0n) is 13.2. The fourth-order valence-electron chi connectivity index (χ4n) is 2.62. The number of nitrogen functional groups attached to an aromatic ring is 1. The fourth-order valence-corrected chi connectivity index (χ4v) is 2.62. The first-order valence-corrected chi connectivity index (χ1v) is 6.94. The summed E-state index contributed by atoms with van der Waals surface area (Å²) in [7, 11) is 1.35. The standard InChI is InChI=1S/C16H21N3O2/c1-6-13-10(3)18-19(11(13)4)12-7-9(2)15(17)14(8-12)16(20)21-5/h7-8H,6,17H2,1-5H3. The maximum absolute atomic E-state index is 11.9. The van der Waals surface area contributed by atoms with Crippen molar-refractivity contribution in [3.05, 3.63) is 40.2 Å². The molecule has 0 aliphatic carbocycles. The lowest BCUT2D eigenvalue weighted by Gasteiger charge is -2.12. The number of carbonyl (C=O) groups is 1. The molecule has 0 saturated heterocycles. The molecule has 0 bridgehead atoms. The number of carbonyl (C=O) groups excluding carboxylic acids is 1. The summed E-state index contributed by atoms with van der Waals surface area (Å²) in [6, 6.07) is 3.66. The van der Waals surface area contributed by atoms with Crippen LogP contribution in [0.4, 0.5) is 5.69 Å². The number of aromatic nitrogens is 2. The number of esters is 1. The molecule has 0 radical (unpaired) electrons. The van der Waals surface area contributed by atoms with Crippen LogP contribution in [0.5, 0.6) is 0 Å². The predicted molar refractivity (Wildman–Crippen MR) is 82.9 cm³/mol. The van der Waals surface area contributed by atoms with Gasteiger partial charge in [-0.2, -0.15) is 5.10 Å². The number of benzene rings is 1. The first-order chi connectivity index (χ1) is 9.90. The van der Waals surface area contributed by atoms with Crippen LogP contribution >= 0.6 is 0 Å². The van der Waals surface area contributed by atoms with Crippen LogP contribution in [0.1, 0.15) is 39.8 Å². The molecule has 0 aliphatic rings. The van der Waals surface area contributed by atoms with E-state index in [0.717, 1.165) is 29.1 Å². The van der Waals surface area contributed by atoms with E-state index < -0.39 is 5.97 Å². The largest absolute Gasteiger partial charge is 0.465 e. The van der Waals surface area contributed by atoms with Crippen LogP contribution in [0.2, 0.25) is 0 Å². The van der Waals surface area contributed by atoms with E-state index >= 15 is 0 Å². The van der Waals surface area contributed by atoms with Gasteiger partial charge >= 0.3 is 5.97 Å². The number of anilines is 1. The summed E-state index contributed by atoms with van der Waals surface area (Å²) in [5, 5.41) is 4.57. The van der Waals surface area contributed by atoms with Gasteiger partial charge in [-0.3, -0.25) is 0 Å². The van der Waals surface area contributed by atoms with Crippen molar-refractivity contribution in [2.75, 3.05) is 12.8 Å². The zero-order chi connectivity index (χ0) is 15.7. The molecule has 0 atom stereocenters. The maximum atomic E-state index is 11.9. The minimum absolute atomic E-state index is 0.373. The van der Waals surface area contributed by atoms with Crippen molar-refractivity contribution >= 4 is 11.7 Å². The number of hydrogen-bond acceptors (Lipinski definition) is 4.